The molecule has 0 aliphatic rings. The number of aryl methyl sites for hydroxylation is 1. The van der Waals surface area contributed by atoms with Gasteiger partial charge in [0.15, 0.2) is 0 Å². The SMILES string of the molecule is Cc1sc(CNC(C)(C)C)cc1CN(C)CC(C)(C)C. The molecule has 1 aromatic rings. The molecule has 0 amide bonds. The van der Waals surface area contributed by atoms with E-state index in [-0.39, 0.29) is 5.54 Å². The van der Waals surface area contributed by atoms with E-state index >= 15 is 0 Å². The Morgan fingerprint density at radius 1 is 1.15 bits per heavy atom. The first-order valence-electron chi connectivity index (χ1n) is 7.48. The maximum absolute atomic E-state index is 3.57. The minimum atomic E-state index is 0.182. The van der Waals surface area contributed by atoms with Crippen LogP contribution in [0.2, 0.25) is 0 Å². The minimum absolute atomic E-state index is 0.182. The summed E-state index contributed by atoms with van der Waals surface area (Å²) in [6, 6.07) is 2.37. The van der Waals surface area contributed by atoms with Crippen molar-refractivity contribution in [3.8, 4) is 0 Å². The van der Waals surface area contributed by atoms with E-state index in [1.54, 1.807) is 0 Å². The fourth-order valence-electron chi connectivity index (χ4n) is 2.34. The molecule has 1 aromatic heterocycles. The number of hydrogen-bond donors (Lipinski definition) is 1. The molecule has 0 saturated heterocycles. The molecule has 0 saturated carbocycles. The molecule has 0 radical (unpaired) electrons. The van der Waals surface area contributed by atoms with Crippen molar-refractivity contribution in [1.82, 2.24) is 10.2 Å². The Labute approximate surface area is 129 Å². The van der Waals surface area contributed by atoms with Gasteiger partial charge in [-0.05, 0) is 51.8 Å². The highest BCUT2D eigenvalue weighted by Crippen LogP contribution is 2.24. The molecule has 0 aromatic carbocycles. The molecule has 0 aliphatic heterocycles. The van der Waals surface area contributed by atoms with Crippen molar-refractivity contribution in [3.05, 3.63) is 21.4 Å². The highest BCUT2D eigenvalue weighted by molar-refractivity contribution is 7.12. The van der Waals surface area contributed by atoms with Gasteiger partial charge in [-0.2, -0.15) is 0 Å². The fourth-order valence-corrected chi connectivity index (χ4v) is 3.33. The molecule has 1 rings (SSSR count). The van der Waals surface area contributed by atoms with E-state index in [1.807, 2.05) is 11.3 Å². The van der Waals surface area contributed by atoms with Gasteiger partial charge in [0.05, 0.1) is 0 Å². The topological polar surface area (TPSA) is 15.3 Å². The Morgan fingerprint density at radius 3 is 2.25 bits per heavy atom. The second-order valence-electron chi connectivity index (χ2n) is 8.13. The van der Waals surface area contributed by atoms with Crippen molar-refractivity contribution in [2.75, 3.05) is 13.6 Å². The normalized spacial score (nSPS) is 13.2. The molecule has 0 fully saturated rings. The Balaban J connectivity index is 2.61. The lowest BCUT2D eigenvalue weighted by molar-refractivity contribution is 0.220. The molecule has 0 unspecified atom stereocenters. The van der Waals surface area contributed by atoms with Gasteiger partial charge in [-0.25, -0.2) is 0 Å². The van der Waals surface area contributed by atoms with Gasteiger partial charge < -0.3 is 10.2 Å². The van der Waals surface area contributed by atoms with Crippen LogP contribution in [0.3, 0.4) is 0 Å². The van der Waals surface area contributed by atoms with E-state index < -0.39 is 0 Å². The van der Waals surface area contributed by atoms with Crippen LogP contribution in [0.25, 0.3) is 0 Å². The third-order valence-corrected chi connectivity index (χ3v) is 4.14. The lowest BCUT2D eigenvalue weighted by Gasteiger charge is -2.26. The van der Waals surface area contributed by atoms with Crippen LogP contribution in [0.5, 0.6) is 0 Å². The first kappa shape index (κ1) is 17.7. The minimum Gasteiger partial charge on any atom is -0.307 e. The highest BCUT2D eigenvalue weighted by Gasteiger charge is 2.16. The highest BCUT2D eigenvalue weighted by atomic mass is 32.1. The Morgan fingerprint density at radius 2 is 1.75 bits per heavy atom. The van der Waals surface area contributed by atoms with Gasteiger partial charge in [0, 0.05) is 34.9 Å². The van der Waals surface area contributed by atoms with Crippen LogP contribution in [-0.4, -0.2) is 24.0 Å². The molecular weight excluding hydrogens is 264 g/mol. The van der Waals surface area contributed by atoms with Crippen LogP contribution in [0, 0.1) is 12.3 Å². The van der Waals surface area contributed by atoms with Crippen LogP contribution < -0.4 is 5.32 Å². The van der Waals surface area contributed by atoms with Crippen molar-refractivity contribution in [3.63, 3.8) is 0 Å². The van der Waals surface area contributed by atoms with Crippen molar-refractivity contribution >= 4 is 11.3 Å². The summed E-state index contributed by atoms with van der Waals surface area (Å²) >= 11 is 1.93. The summed E-state index contributed by atoms with van der Waals surface area (Å²) < 4.78 is 0. The van der Waals surface area contributed by atoms with Crippen molar-refractivity contribution < 1.29 is 0 Å². The summed E-state index contributed by atoms with van der Waals surface area (Å²) in [5.74, 6) is 0. The first-order chi connectivity index (χ1) is 8.96. The molecule has 0 bridgehead atoms. The summed E-state index contributed by atoms with van der Waals surface area (Å²) in [6.07, 6.45) is 0. The average Bonchev–Trinajstić information content (AvgIpc) is 2.53. The quantitative estimate of drug-likeness (QED) is 0.865. The maximum atomic E-state index is 3.57. The molecule has 20 heavy (non-hydrogen) atoms. The molecule has 0 aliphatic carbocycles. The molecule has 1 heterocycles. The predicted octanol–water partition coefficient (Wildman–Crippen LogP) is 4.42. The van der Waals surface area contributed by atoms with Crippen LogP contribution >= 0.6 is 11.3 Å². The van der Waals surface area contributed by atoms with Crippen molar-refractivity contribution in [2.45, 2.75) is 67.1 Å². The molecule has 2 nitrogen and oxygen atoms in total. The predicted molar refractivity (Wildman–Crippen MR) is 91.4 cm³/mol. The Hall–Kier alpha value is -0.380. The van der Waals surface area contributed by atoms with Crippen LogP contribution in [0.4, 0.5) is 0 Å². The monoisotopic (exact) mass is 296 g/mol. The van der Waals surface area contributed by atoms with Crippen molar-refractivity contribution in [2.24, 2.45) is 5.41 Å². The molecule has 116 valence electrons. The number of nitrogens with zero attached hydrogens (tertiary/aromatic N) is 1. The molecule has 3 heteroatoms. The average molecular weight is 297 g/mol. The third kappa shape index (κ3) is 6.87. The smallest absolute Gasteiger partial charge is 0.0304 e. The molecular formula is C17H32N2S. The largest absolute Gasteiger partial charge is 0.307 e. The van der Waals surface area contributed by atoms with Gasteiger partial charge in [-0.1, -0.05) is 20.8 Å². The van der Waals surface area contributed by atoms with Gasteiger partial charge in [0.1, 0.15) is 0 Å². The van der Waals surface area contributed by atoms with Gasteiger partial charge in [0.25, 0.3) is 0 Å². The van der Waals surface area contributed by atoms with Crippen LogP contribution in [0.15, 0.2) is 6.07 Å². The van der Waals surface area contributed by atoms with Gasteiger partial charge in [-0.15, -0.1) is 11.3 Å². The summed E-state index contributed by atoms with van der Waals surface area (Å²) in [5, 5.41) is 3.57. The van der Waals surface area contributed by atoms with E-state index in [0.29, 0.717) is 5.41 Å². The number of thiophene rings is 1. The number of hydrogen-bond acceptors (Lipinski definition) is 3. The van der Waals surface area contributed by atoms with E-state index in [2.05, 4.69) is 71.8 Å². The zero-order valence-corrected chi connectivity index (χ0v) is 15.4. The second kappa shape index (κ2) is 6.59. The van der Waals surface area contributed by atoms with Crippen LogP contribution in [0.1, 0.15) is 56.9 Å². The lowest BCUT2D eigenvalue weighted by atomic mass is 9.96. The van der Waals surface area contributed by atoms with E-state index in [4.69, 9.17) is 0 Å². The van der Waals surface area contributed by atoms with Crippen molar-refractivity contribution in [1.29, 1.82) is 0 Å². The maximum Gasteiger partial charge on any atom is 0.0304 e. The van der Waals surface area contributed by atoms with E-state index in [1.165, 1.54) is 15.3 Å². The Bertz CT molecular complexity index is 421. The first-order valence-corrected chi connectivity index (χ1v) is 8.30. The standard InChI is InChI=1S/C17H32N2S/c1-13-14(11-19(8)12-16(2,3)4)9-15(20-13)10-18-17(5,6)7/h9,18H,10-12H2,1-8H3. The third-order valence-electron chi connectivity index (χ3n) is 3.05. The fraction of sp³-hybridized carbons (Fsp3) is 0.765. The number of rotatable bonds is 5. The van der Waals surface area contributed by atoms with Crippen LogP contribution in [-0.2, 0) is 13.1 Å². The molecule has 0 atom stereocenters. The van der Waals surface area contributed by atoms with E-state index in [0.717, 1.165) is 19.6 Å². The Kier molecular flexibility index (Phi) is 5.82. The molecule has 0 spiro atoms. The number of nitrogens with one attached hydrogen (secondary N) is 1. The van der Waals surface area contributed by atoms with E-state index in [9.17, 15) is 0 Å². The lowest BCUT2D eigenvalue weighted by Crippen LogP contribution is -2.34. The summed E-state index contributed by atoms with van der Waals surface area (Å²) in [6.45, 7) is 18.9. The summed E-state index contributed by atoms with van der Waals surface area (Å²) in [7, 11) is 2.22. The summed E-state index contributed by atoms with van der Waals surface area (Å²) in [5.41, 5.74) is 2.02. The summed E-state index contributed by atoms with van der Waals surface area (Å²) in [4.78, 5) is 5.32. The van der Waals surface area contributed by atoms with Gasteiger partial charge >= 0.3 is 0 Å². The zero-order chi connectivity index (χ0) is 15.6. The zero-order valence-electron chi connectivity index (χ0n) is 14.6. The van der Waals surface area contributed by atoms with Gasteiger partial charge in [-0.3, -0.25) is 0 Å². The molecule has 1 N–H and O–H groups in total. The second-order valence-corrected chi connectivity index (χ2v) is 9.47. The van der Waals surface area contributed by atoms with Gasteiger partial charge in [0.2, 0.25) is 0 Å².